The topological polar surface area (TPSA) is 69.6 Å². The van der Waals surface area contributed by atoms with Crippen molar-refractivity contribution in [2.24, 2.45) is 0 Å². The van der Waals surface area contributed by atoms with Crippen LogP contribution in [0.1, 0.15) is 6.92 Å². The van der Waals surface area contributed by atoms with Crippen LogP contribution in [0, 0.1) is 16.7 Å². The highest BCUT2D eigenvalue weighted by atomic mass is 16.6. The van der Waals surface area contributed by atoms with E-state index < -0.39 is 4.92 Å². The summed E-state index contributed by atoms with van der Waals surface area (Å²) in [4.78, 5) is 16.4. The predicted molar refractivity (Wildman–Crippen MR) is 48.3 cm³/mol. The summed E-state index contributed by atoms with van der Waals surface area (Å²) in [6.45, 7) is 8.88. The summed E-state index contributed by atoms with van der Waals surface area (Å²) < 4.78 is 5.01. The first-order chi connectivity index (χ1) is 6.69. The zero-order valence-corrected chi connectivity index (χ0v) is 7.43. The number of ether oxygens (including phenoxy) is 1. The lowest BCUT2D eigenvalue weighted by molar-refractivity contribution is -0.384. The van der Waals surface area contributed by atoms with Gasteiger partial charge >= 0.3 is 11.7 Å². The van der Waals surface area contributed by atoms with E-state index in [1.54, 1.807) is 6.92 Å². The molecule has 0 fully saturated rings. The lowest BCUT2D eigenvalue weighted by Crippen LogP contribution is -1.96. The number of hydrogen-bond donors (Lipinski definition) is 0. The Labute approximate surface area is 80.1 Å². The minimum Gasteiger partial charge on any atom is -0.461 e. The summed E-state index contributed by atoms with van der Waals surface area (Å²) in [5.74, 6) is -0.0231. The van der Waals surface area contributed by atoms with E-state index in [4.69, 9.17) is 11.3 Å². The lowest BCUT2D eigenvalue weighted by Gasteiger charge is -1.98. The Balaban J connectivity index is 3.13. The van der Waals surface area contributed by atoms with Crippen molar-refractivity contribution in [1.29, 1.82) is 0 Å². The van der Waals surface area contributed by atoms with Gasteiger partial charge in [-0.3, -0.25) is 10.1 Å². The minimum atomic E-state index is -0.643. The normalized spacial score (nSPS) is 9.14. The standard InChI is InChI=1S/C8H7N3O3/c1-3-14-7-5-4-6(11(12)13)8(9-2)10-7/h4-5H,3H2,1H3. The third-order valence-electron chi connectivity index (χ3n) is 1.42. The molecule has 0 amide bonds. The molecule has 0 aliphatic rings. The highest BCUT2D eigenvalue weighted by Crippen LogP contribution is 2.27. The van der Waals surface area contributed by atoms with Gasteiger partial charge in [0.2, 0.25) is 0 Å². The maximum Gasteiger partial charge on any atom is 0.351 e. The molecule has 0 aromatic carbocycles. The summed E-state index contributed by atoms with van der Waals surface area (Å²) in [5.41, 5.74) is -0.302. The Bertz CT molecular complexity index is 397. The first-order valence-electron chi connectivity index (χ1n) is 3.84. The van der Waals surface area contributed by atoms with Crippen LogP contribution in [-0.4, -0.2) is 16.5 Å². The molecule has 0 unspecified atom stereocenters. The molecule has 0 aliphatic heterocycles. The van der Waals surface area contributed by atoms with Gasteiger partial charge in [-0.05, 0) is 6.92 Å². The molecule has 6 heteroatoms. The van der Waals surface area contributed by atoms with E-state index in [1.807, 2.05) is 0 Å². The van der Waals surface area contributed by atoms with Gasteiger partial charge in [-0.2, -0.15) is 0 Å². The van der Waals surface area contributed by atoms with E-state index in [1.165, 1.54) is 12.1 Å². The van der Waals surface area contributed by atoms with Gasteiger partial charge in [-0.1, -0.05) is 11.6 Å². The van der Waals surface area contributed by atoms with Gasteiger partial charge in [0.25, 0.3) is 5.69 Å². The fourth-order valence-corrected chi connectivity index (χ4v) is 0.877. The molecule has 0 bridgehead atoms. The average Bonchev–Trinajstić information content (AvgIpc) is 2.17. The maximum atomic E-state index is 10.4. The number of hydrogen-bond acceptors (Lipinski definition) is 4. The van der Waals surface area contributed by atoms with Crippen LogP contribution in [0.4, 0.5) is 11.5 Å². The van der Waals surface area contributed by atoms with Crippen molar-refractivity contribution in [3.05, 3.63) is 33.7 Å². The van der Waals surface area contributed by atoms with Crippen LogP contribution in [0.3, 0.4) is 0 Å². The van der Waals surface area contributed by atoms with Crippen LogP contribution >= 0.6 is 0 Å². The third-order valence-corrected chi connectivity index (χ3v) is 1.42. The molecule has 14 heavy (non-hydrogen) atoms. The molecular formula is C8H7N3O3. The quantitative estimate of drug-likeness (QED) is 0.418. The van der Waals surface area contributed by atoms with E-state index in [-0.39, 0.29) is 17.4 Å². The smallest absolute Gasteiger partial charge is 0.351 e. The van der Waals surface area contributed by atoms with Crippen LogP contribution in [0.5, 0.6) is 5.88 Å². The number of nitro groups is 1. The van der Waals surface area contributed by atoms with Gasteiger partial charge < -0.3 is 9.58 Å². The Morgan fingerprint density at radius 2 is 2.43 bits per heavy atom. The van der Waals surface area contributed by atoms with Crippen molar-refractivity contribution >= 4 is 11.5 Å². The molecular weight excluding hydrogens is 186 g/mol. The molecule has 0 saturated heterocycles. The highest BCUT2D eigenvalue weighted by molar-refractivity contribution is 5.57. The monoisotopic (exact) mass is 193 g/mol. The number of nitrogens with zero attached hydrogens (tertiary/aromatic N) is 3. The Morgan fingerprint density at radius 3 is 2.93 bits per heavy atom. The van der Waals surface area contributed by atoms with E-state index in [0.29, 0.717) is 6.61 Å². The van der Waals surface area contributed by atoms with Crippen LogP contribution in [0.25, 0.3) is 4.85 Å². The summed E-state index contributed by atoms with van der Waals surface area (Å²) in [6, 6.07) is 2.58. The molecule has 0 aliphatic carbocycles. The molecule has 1 heterocycles. The second-order valence-corrected chi connectivity index (χ2v) is 2.29. The first kappa shape index (κ1) is 9.92. The minimum absolute atomic E-state index is 0.226. The van der Waals surface area contributed by atoms with Crippen LogP contribution in [0.2, 0.25) is 0 Å². The summed E-state index contributed by atoms with van der Waals surface area (Å²) in [7, 11) is 0. The van der Waals surface area contributed by atoms with Crippen LogP contribution in [-0.2, 0) is 0 Å². The fraction of sp³-hybridized carbons (Fsp3) is 0.250. The first-order valence-corrected chi connectivity index (χ1v) is 3.84. The summed E-state index contributed by atoms with van der Waals surface area (Å²) in [6.07, 6.45) is 0. The van der Waals surface area contributed by atoms with E-state index in [0.717, 1.165) is 0 Å². The van der Waals surface area contributed by atoms with Crippen molar-refractivity contribution in [2.45, 2.75) is 6.92 Å². The van der Waals surface area contributed by atoms with E-state index >= 15 is 0 Å². The SMILES string of the molecule is [C-]#[N+]c1nc(OCC)ccc1[N+](=O)[O-]. The van der Waals surface area contributed by atoms with Gasteiger partial charge in [0, 0.05) is 12.1 Å². The molecule has 6 nitrogen and oxygen atoms in total. The second kappa shape index (κ2) is 4.18. The Hall–Kier alpha value is -2.16. The number of pyridine rings is 1. The Kier molecular flexibility index (Phi) is 2.97. The molecule has 1 aromatic heterocycles. The lowest BCUT2D eigenvalue weighted by atomic mass is 10.4. The van der Waals surface area contributed by atoms with Gasteiger partial charge in [-0.15, -0.1) is 0 Å². The summed E-state index contributed by atoms with van der Waals surface area (Å²) in [5, 5.41) is 10.4. The molecule has 0 spiro atoms. The van der Waals surface area contributed by atoms with Crippen LogP contribution < -0.4 is 4.74 Å². The maximum absolute atomic E-state index is 10.4. The molecule has 1 rings (SSSR count). The average molecular weight is 193 g/mol. The molecule has 0 saturated carbocycles. The molecule has 72 valence electrons. The zero-order valence-electron chi connectivity index (χ0n) is 7.43. The van der Waals surface area contributed by atoms with E-state index in [2.05, 4.69) is 9.83 Å². The number of aromatic nitrogens is 1. The van der Waals surface area contributed by atoms with Gasteiger partial charge in [0.15, 0.2) is 0 Å². The van der Waals surface area contributed by atoms with Gasteiger partial charge in [0.05, 0.1) is 11.5 Å². The third kappa shape index (κ3) is 1.95. The molecule has 1 aromatic rings. The molecule has 0 atom stereocenters. The van der Waals surface area contributed by atoms with Crippen molar-refractivity contribution < 1.29 is 9.66 Å². The van der Waals surface area contributed by atoms with Gasteiger partial charge in [0.1, 0.15) is 0 Å². The molecule has 0 N–H and O–H groups in total. The van der Waals surface area contributed by atoms with Gasteiger partial charge in [-0.25, -0.2) is 0 Å². The van der Waals surface area contributed by atoms with Crippen molar-refractivity contribution in [3.63, 3.8) is 0 Å². The largest absolute Gasteiger partial charge is 0.461 e. The number of rotatable bonds is 3. The summed E-state index contributed by atoms with van der Waals surface area (Å²) >= 11 is 0. The Morgan fingerprint density at radius 1 is 1.71 bits per heavy atom. The van der Waals surface area contributed by atoms with Crippen molar-refractivity contribution in [1.82, 2.24) is 4.98 Å². The predicted octanol–water partition coefficient (Wildman–Crippen LogP) is 1.94. The van der Waals surface area contributed by atoms with E-state index in [9.17, 15) is 10.1 Å². The van der Waals surface area contributed by atoms with Crippen LogP contribution in [0.15, 0.2) is 12.1 Å². The molecule has 0 radical (unpaired) electrons. The van der Waals surface area contributed by atoms with Crippen molar-refractivity contribution in [3.8, 4) is 5.88 Å². The second-order valence-electron chi connectivity index (χ2n) is 2.29. The highest BCUT2D eigenvalue weighted by Gasteiger charge is 2.17. The fourth-order valence-electron chi connectivity index (χ4n) is 0.877. The zero-order chi connectivity index (χ0) is 10.6. The van der Waals surface area contributed by atoms with Crippen molar-refractivity contribution in [2.75, 3.05) is 6.61 Å².